The van der Waals surface area contributed by atoms with Crippen molar-refractivity contribution < 1.29 is 0 Å². The molecule has 1 aliphatic rings. The number of halogens is 1. The Kier molecular flexibility index (Phi) is 5.17. The molecule has 0 saturated carbocycles. The van der Waals surface area contributed by atoms with Crippen molar-refractivity contribution in [1.82, 2.24) is 10.2 Å². The van der Waals surface area contributed by atoms with Gasteiger partial charge in [-0.3, -0.25) is 4.90 Å². The Morgan fingerprint density at radius 3 is 2.95 bits per heavy atom. The number of hydrogen-bond donors (Lipinski definition) is 1. The molecule has 1 aromatic carbocycles. The van der Waals surface area contributed by atoms with Gasteiger partial charge in [0.05, 0.1) is 5.02 Å². The average molecular weight is 323 g/mol. The molecule has 2 aromatic rings. The van der Waals surface area contributed by atoms with Crippen molar-refractivity contribution >= 4 is 33.0 Å². The van der Waals surface area contributed by atoms with Crippen molar-refractivity contribution in [3.63, 3.8) is 0 Å². The lowest BCUT2D eigenvalue weighted by atomic mass is 9.99. The summed E-state index contributed by atoms with van der Waals surface area (Å²) in [7, 11) is 0. The molecule has 114 valence electrons. The summed E-state index contributed by atoms with van der Waals surface area (Å²) < 4.78 is 1.30. The van der Waals surface area contributed by atoms with Crippen LogP contribution in [0.5, 0.6) is 0 Å². The van der Waals surface area contributed by atoms with E-state index >= 15 is 0 Å². The summed E-state index contributed by atoms with van der Waals surface area (Å²) in [5.74, 6) is 0.784. The Bertz CT molecular complexity index is 589. The second-order valence-electron chi connectivity index (χ2n) is 5.88. The number of nitrogens with zero attached hydrogens (tertiary/aromatic N) is 1. The Morgan fingerprint density at radius 1 is 1.38 bits per heavy atom. The van der Waals surface area contributed by atoms with Crippen LogP contribution in [0.4, 0.5) is 0 Å². The quantitative estimate of drug-likeness (QED) is 0.879. The molecular formula is C17H23ClN2S. The zero-order valence-corrected chi connectivity index (χ0v) is 14.1. The number of rotatable bonds is 5. The molecule has 0 spiro atoms. The molecule has 2 nitrogen and oxygen atoms in total. The summed E-state index contributed by atoms with van der Waals surface area (Å²) in [5.41, 5.74) is 0. The zero-order valence-electron chi connectivity index (χ0n) is 12.6. The molecule has 21 heavy (non-hydrogen) atoms. The van der Waals surface area contributed by atoms with Crippen molar-refractivity contribution in [2.75, 3.05) is 26.2 Å². The van der Waals surface area contributed by atoms with Crippen molar-refractivity contribution in [2.45, 2.75) is 26.3 Å². The van der Waals surface area contributed by atoms with Crippen LogP contribution in [0.2, 0.25) is 5.02 Å². The molecule has 1 fully saturated rings. The van der Waals surface area contributed by atoms with E-state index in [2.05, 4.69) is 41.4 Å². The van der Waals surface area contributed by atoms with Gasteiger partial charge in [0.25, 0.3) is 0 Å². The van der Waals surface area contributed by atoms with Crippen molar-refractivity contribution in [1.29, 1.82) is 0 Å². The molecule has 1 aromatic heterocycles. The first-order chi connectivity index (χ1) is 10.3. The highest BCUT2D eigenvalue weighted by Gasteiger charge is 2.18. The highest BCUT2D eigenvalue weighted by molar-refractivity contribution is 7.19. The van der Waals surface area contributed by atoms with Crippen LogP contribution in [-0.2, 0) is 6.54 Å². The fourth-order valence-electron chi connectivity index (χ4n) is 3.12. The number of fused-ring (bicyclic) bond motifs is 1. The maximum absolute atomic E-state index is 6.57. The lowest BCUT2D eigenvalue weighted by Gasteiger charge is -2.29. The van der Waals surface area contributed by atoms with Gasteiger partial charge in [-0.25, -0.2) is 0 Å². The molecule has 1 unspecified atom stereocenters. The predicted molar refractivity (Wildman–Crippen MR) is 93.4 cm³/mol. The first-order valence-electron chi connectivity index (χ1n) is 7.87. The number of thiophene rings is 1. The second-order valence-corrected chi connectivity index (χ2v) is 7.39. The number of nitrogens with one attached hydrogen (secondary N) is 1. The van der Waals surface area contributed by atoms with Gasteiger partial charge in [-0.2, -0.15) is 0 Å². The van der Waals surface area contributed by atoms with Gasteiger partial charge in [0.1, 0.15) is 0 Å². The van der Waals surface area contributed by atoms with Gasteiger partial charge in [0, 0.05) is 28.1 Å². The van der Waals surface area contributed by atoms with Gasteiger partial charge in [-0.1, -0.05) is 36.7 Å². The van der Waals surface area contributed by atoms with Gasteiger partial charge in [0.15, 0.2) is 0 Å². The van der Waals surface area contributed by atoms with Crippen molar-refractivity contribution in [3.05, 3.63) is 34.2 Å². The zero-order chi connectivity index (χ0) is 14.7. The van der Waals surface area contributed by atoms with Gasteiger partial charge < -0.3 is 5.32 Å². The van der Waals surface area contributed by atoms with Crippen LogP contribution in [0.1, 0.15) is 24.6 Å². The van der Waals surface area contributed by atoms with E-state index in [0.717, 1.165) is 30.6 Å². The minimum Gasteiger partial charge on any atom is -0.316 e. The van der Waals surface area contributed by atoms with Crippen LogP contribution in [0.25, 0.3) is 10.1 Å². The normalized spacial score (nSPS) is 19.5. The van der Waals surface area contributed by atoms with Crippen molar-refractivity contribution in [2.24, 2.45) is 5.92 Å². The summed E-state index contributed by atoms with van der Waals surface area (Å²) in [6.45, 7) is 7.83. The molecule has 1 saturated heterocycles. The standard InChI is InChI=1S/C17H23ClN2S/c1-2-20(11-13-6-5-9-19-10-13)12-16-17(18)14-7-3-4-8-15(14)21-16/h3-4,7-8,13,19H,2,5-6,9-12H2,1H3. The third kappa shape index (κ3) is 3.59. The van der Waals surface area contributed by atoms with Crippen molar-refractivity contribution in [3.8, 4) is 0 Å². The molecule has 0 amide bonds. The summed E-state index contributed by atoms with van der Waals surface area (Å²) in [6, 6.07) is 8.44. The van der Waals surface area contributed by atoms with Gasteiger partial charge in [-0.05, 0) is 44.5 Å². The molecule has 2 heterocycles. The average Bonchev–Trinajstić information content (AvgIpc) is 2.84. The van der Waals surface area contributed by atoms with Gasteiger partial charge in [0.2, 0.25) is 0 Å². The summed E-state index contributed by atoms with van der Waals surface area (Å²) in [5, 5.41) is 5.67. The Morgan fingerprint density at radius 2 is 2.24 bits per heavy atom. The molecule has 0 bridgehead atoms. The third-order valence-electron chi connectivity index (χ3n) is 4.33. The van der Waals surface area contributed by atoms with E-state index in [-0.39, 0.29) is 0 Å². The van der Waals surface area contributed by atoms with Gasteiger partial charge in [-0.15, -0.1) is 11.3 Å². The fourth-order valence-corrected chi connectivity index (χ4v) is 4.66. The minimum atomic E-state index is 0.784. The van der Waals surface area contributed by atoms with E-state index in [1.54, 1.807) is 0 Å². The van der Waals surface area contributed by atoms with Gasteiger partial charge >= 0.3 is 0 Å². The highest BCUT2D eigenvalue weighted by Crippen LogP contribution is 2.36. The van der Waals surface area contributed by atoms with Crippen LogP contribution < -0.4 is 5.32 Å². The maximum atomic E-state index is 6.57. The fraction of sp³-hybridized carbons (Fsp3) is 0.529. The van der Waals surface area contributed by atoms with Crippen LogP contribution in [-0.4, -0.2) is 31.1 Å². The highest BCUT2D eigenvalue weighted by atomic mass is 35.5. The Balaban J connectivity index is 1.71. The van der Waals surface area contributed by atoms with E-state index < -0.39 is 0 Å². The van der Waals surface area contributed by atoms with E-state index in [9.17, 15) is 0 Å². The Labute approximate surface area is 136 Å². The minimum absolute atomic E-state index is 0.784. The smallest absolute Gasteiger partial charge is 0.0637 e. The van der Waals surface area contributed by atoms with E-state index in [1.165, 1.54) is 40.9 Å². The summed E-state index contributed by atoms with van der Waals surface area (Å²) >= 11 is 8.41. The number of hydrogen-bond acceptors (Lipinski definition) is 3. The lowest BCUT2D eigenvalue weighted by molar-refractivity contribution is 0.211. The number of benzene rings is 1. The topological polar surface area (TPSA) is 15.3 Å². The Hall–Kier alpha value is -0.610. The van der Waals surface area contributed by atoms with E-state index in [1.807, 2.05) is 11.3 Å². The van der Waals surface area contributed by atoms with Crippen LogP contribution in [0, 0.1) is 5.92 Å². The molecule has 1 atom stereocenters. The van der Waals surface area contributed by atoms with E-state index in [0.29, 0.717) is 0 Å². The second kappa shape index (κ2) is 7.10. The molecule has 4 heteroatoms. The lowest BCUT2D eigenvalue weighted by Crippen LogP contribution is -2.38. The largest absolute Gasteiger partial charge is 0.316 e. The van der Waals surface area contributed by atoms with Crippen LogP contribution in [0.3, 0.4) is 0 Å². The molecule has 1 aliphatic heterocycles. The molecule has 0 radical (unpaired) electrons. The molecule has 1 N–H and O–H groups in total. The first-order valence-corrected chi connectivity index (χ1v) is 9.06. The maximum Gasteiger partial charge on any atom is 0.0637 e. The molecular weight excluding hydrogens is 300 g/mol. The van der Waals surface area contributed by atoms with Crippen LogP contribution >= 0.6 is 22.9 Å². The predicted octanol–water partition coefficient (Wildman–Crippen LogP) is 4.38. The molecule has 3 rings (SSSR count). The first kappa shape index (κ1) is 15.3. The third-order valence-corrected chi connectivity index (χ3v) is 6.03. The van der Waals surface area contributed by atoms with Crippen LogP contribution in [0.15, 0.2) is 24.3 Å². The number of piperidine rings is 1. The molecule has 0 aliphatic carbocycles. The monoisotopic (exact) mass is 322 g/mol. The SMILES string of the molecule is CCN(Cc1sc2ccccc2c1Cl)CC1CCCNC1. The van der Waals surface area contributed by atoms with E-state index in [4.69, 9.17) is 11.6 Å². The summed E-state index contributed by atoms with van der Waals surface area (Å²) in [4.78, 5) is 3.84. The summed E-state index contributed by atoms with van der Waals surface area (Å²) in [6.07, 6.45) is 2.66.